The predicted molar refractivity (Wildman–Crippen MR) is 65.0 cm³/mol. The third kappa shape index (κ3) is 2.54. The van der Waals surface area contributed by atoms with Gasteiger partial charge in [-0.2, -0.15) is 0 Å². The third-order valence-electron chi connectivity index (χ3n) is 2.30. The molecule has 0 bridgehead atoms. The second-order valence-electron chi connectivity index (χ2n) is 3.36. The van der Waals surface area contributed by atoms with Crippen molar-refractivity contribution < 1.29 is 9.84 Å². The fourth-order valence-corrected chi connectivity index (χ4v) is 1.72. The molecular formula is C12H11ClN2O2. The number of hydrogen-bond donors (Lipinski definition) is 1. The molecule has 0 saturated carbocycles. The number of ether oxygens (including phenoxy) is 1. The van der Waals surface area contributed by atoms with Gasteiger partial charge in [0, 0.05) is 11.8 Å². The molecular weight excluding hydrogens is 240 g/mol. The van der Waals surface area contributed by atoms with Gasteiger partial charge >= 0.3 is 0 Å². The topological polar surface area (TPSA) is 55.2 Å². The summed E-state index contributed by atoms with van der Waals surface area (Å²) >= 11 is 6.14. The van der Waals surface area contributed by atoms with E-state index in [2.05, 4.69) is 9.97 Å². The molecule has 88 valence electrons. The van der Waals surface area contributed by atoms with Gasteiger partial charge < -0.3 is 9.84 Å². The minimum atomic E-state index is -0.193. The summed E-state index contributed by atoms with van der Waals surface area (Å²) in [6, 6.07) is 7.09. The quantitative estimate of drug-likeness (QED) is 0.908. The Balaban J connectivity index is 2.45. The Hall–Kier alpha value is -1.65. The molecule has 0 aliphatic carbocycles. The molecule has 0 aliphatic heterocycles. The first-order chi connectivity index (χ1) is 8.24. The van der Waals surface area contributed by atoms with Crippen LogP contribution in [0.25, 0.3) is 11.3 Å². The summed E-state index contributed by atoms with van der Waals surface area (Å²) < 4.78 is 5.07. The van der Waals surface area contributed by atoms with E-state index in [4.69, 9.17) is 21.4 Å². The van der Waals surface area contributed by atoms with Gasteiger partial charge in [-0.1, -0.05) is 11.6 Å². The van der Waals surface area contributed by atoms with Crippen LogP contribution in [0.5, 0.6) is 5.75 Å². The van der Waals surface area contributed by atoms with E-state index in [1.807, 2.05) is 12.1 Å². The molecule has 1 N–H and O–H groups in total. The number of methoxy groups -OCH3 is 1. The van der Waals surface area contributed by atoms with E-state index >= 15 is 0 Å². The van der Waals surface area contributed by atoms with E-state index in [1.54, 1.807) is 25.4 Å². The molecule has 0 radical (unpaired) electrons. The zero-order chi connectivity index (χ0) is 12.3. The van der Waals surface area contributed by atoms with Crippen molar-refractivity contribution in [2.45, 2.75) is 6.61 Å². The fraction of sp³-hybridized carbons (Fsp3) is 0.167. The van der Waals surface area contributed by atoms with Gasteiger partial charge in [-0.05, 0) is 24.3 Å². The van der Waals surface area contributed by atoms with E-state index in [1.165, 1.54) is 0 Å². The Bertz CT molecular complexity index is 532. The lowest BCUT2D eigenvalue weighted by Gasteiger charge is -2.06. The lowest BCUT2D eigenvalue weighted by molar-refractivity contribution is 0.271. The third-order valence-corrected chi connectivity index (χ3v) is 2.61. The van der Waals surface area contributed by atoms with Gasteiger partial charge in [0.05, 0.1) is 17.8 Å². The van der Waals surface area contributed by atoms with Crippen LogP contribution >= 0.6 is 11.6 Å². The Morgan fingerprint density at radius 2 is 2.18 bits per heavy atom. The summed E-state index contributed by atoms with van der Waals surface area (Å²) in [4.78, 5) is 8.11. The number of aliphatic hydroxyl groups excluding tert-OH is 1. The van der Waals surface area contributed by atoms with Crippen LogP contribution in [-0.2, 0) is 6.61 Å². The van der Waals surface area contributed by atoms with Gasteiger partial charge in [-0.25, -0.2) is 9.97 Å². The largest absolute Gasteiger partial charge is 0.497 e. The monoisotopic (exact) mass is 250 g/mol. The van der Waals surface area contributed by atoms with Gasteiger partial charge in [0.15, 0.2) is 5.82 Å². The molecule has 0 amide bonds. The number of nitrogens with zero attached hydrogens (tertiary/aromatic N) is 2. The van der Waals surface area contributed by atoms with Crippen LogP contribution in [0.3, 0.4) is 0 Å². The molecule has 17 heavy (non-hydrogen) atoms. The van der Waals surface area contributed by atoms with Crippen LogP contribution in [-0.4, -0.2) is 22.2 Å². The predicted octanol–water partition coefficient (Wildman–Crippen LogP) is 2.30. The number of hydrogen-bond acceptors (Lipinski definition) is 4. The minimum absolute atomic E-state index is 0.193. The second kappa shape index (κ2) is 5.12. The highest BCUT2D eigenvalue weighted by molar-refractivity contribution is 6.33. The Morgan fingerprint density at radius 3 is 2.82 bits per heavy atom. The first kappa shape index (κ1) is 11.8. The minimum Gasteiger partial charge on any atom is -0.497 e. The maximum absolute atomic E-state index is 8.98. The summed E-state index contributed by atoms with van der Waals surface area (Å²) in [6.07, 6.45) is 1.59. The molecule has 0 atom stereocenters. The van der Waals surface area contributed by atoms with E-state index in [0.717, 1.165) is 5.56 Å². The maximum atomic E-state index is 8.98. The van der Waals surface area contributed by atoms with Crippen LogP contribution in [0.15, 0.2) is 30.5 Å². The van der Waals surface area contributed by atoms with Crippen molar-refractivity contribution in [3.05, 3.63) is 41.3 Å². The SMILES string of the molecule is COc1ccc(-c2ccnc(CO)n2)c(Cl)c1. The molecule has 1 aromatic carbocycles. The molecule has 0 fully saturated rings. The molecule has 5 heteroatoms. The van der Waals surface area contributed by atoms with Crippen LogP contribution in [0.4, 0.5) is 0 Å². The summed E-state index contributed by atoms with van der Waals surface area (Å²) in [7, 11) is 1.58. The fourth-order valence-electron chi connectivity index (χ4n) is 1.46. The smallest absolute Gasteiger partial charge is 0.154 e. The molecule has 4 nitrogen and oxygen atoms in total. The molecule has 0 aliphatic rings. The van der Waals surface area contributed by atoms with Crippen molar-refractivity contribution in [3.8, 4) is 17.0 Å². The van der Waals surface area contributed by atoms with E-state index in [9.17, 15) is 0 Å². The summed E-state index contributed by atoms with van der Waals surface area (Å²) in [5.74, 6) is 1.06. The molecule has 0 spiro atoms. The molecule has 2 rings (SSSR count). The summed E-state index contributed by atoms with van der Waals surface area (Å²) in [6.45, 7) is -0.193. The van der Waals surface area contributed by atoms with Gasteiger partial charge in [0.1, 0.15) is 12.4 Å². The first-order valence-electron chi connectivity index (χ1n) is 5.01. The zero-order valence-corrected chi connectivity index (χ0v) is 9.98. The van der Waals surface area contributed by atoms with Gasteiger partial charge in [-0.3, -0.25) is 0 Å². The zero-order valence-electron chi connectivity index (χ0n) is 9.22. The average molecular weight is 251 g/mol. The maximum Gasteiger partial charge on any atom is 0.154 e. The van der Waals surface area contributed by atoms with Crippen molar-refractivity contribution >= 4 is 11.6 Å². The van der Waals surface area contributed by atoms with Crippen molar-refractivity contribution in [2.75, 3.05) is 7.11 Å². The standard InChI is InChI=1S/C12H11ClN2O2/c1-17-8-2-3-9(10(13)6-8)11-4-5-14-12(7-16)15-11/h2-6,16H,7H2,1H3. The number of halogens is 1. The van der Waals surface area contributed by atoms with E-state index in [-0.39, 0.29) is 6.61 Å². The summed E-state index contributed by atoms with van der Waals surface area (Å²) in [5.41, 5.74) is 1.46. The van der Waals surface area contributed by atoms with Crippen molar-refractivity contribution in [3.63, 3.8) is 0 Å². The molecule has 1 aromatic heterocycles. The van der Waals surface area contributed by atoms with Crippen LogP contribution in [0.2, 0.25) is 5.02 Å². The second-order valence-corrected chi connectivity index (χ2v) is 3.77. The number of aliphatic hydroxyl groups is 1. The van der Waals surface area contributed by atoms with Crippen molar-refractivity contribution in [1.82, 2.24) is 9.97 Å². The Kier molecular flexibility index (Phi) is 3.56. The number of benzene rings is 1. The number of rotatable bonds is 3. The highest BCUT2D eigenvalue weighted by atomic mass is 35.5. The van der Waals surface area contributed by atoms with E-state index < -0.39 is 0 Å². The highest BCUT2D eigenvalue weighted by Crippen LogP contribution is 2.29. The first-order valence-corrected chi connectivity index (χ1v) is 5.39. The number of aromatic nitrogens is 2. The molecule has 2 aromatic rings. The Labute approximate surface area is 104 Å². The summed E-state index contributed by atoms with van der Waals surface area (Å²) in [5, 5.41) is 9.53. The van der Waals surface area contributed by atoms with Crippen molar-refractivity contribution in [1.29, 1.82) is 0 Å². The Morgan fingerprint density at radius 1 is 1.35 bits per heavy atom. The van der Waals surface area contributed by atoms with Crippen LogP contribution < -0.4 is 4.74 Å². The lowest BCUT2D eigenvalue weighted by Crippen LogP contribution is -1.95. The van der Waals surface area contributed by atoms with Gasteiger partial charge in [0.2, 0.25) is 0 Å². The lowest BCUT2D eigenvalue weighted by atomic mass is 10.1. The van der Waals surface area contributed by atoms with Gasteiger partial charge in [0.25, 0.3) is 0 Å². The van der Waals surface area contributed by atoms with E-state index in [0.29, 0.717) is 22.3 Å². The van der Waals surface area contributed by atoms with Crippen LogP contribution in [0, 0.1) is 0 Å². The molecule has 1 heterocycles. The normalized spacial score (nSPS) is 10.3. The highest BCUT2D eigenvalue weighted by Gasteiger charge is 2.07. The average Bonchev–Trinajstić information content (AvgIpc) is 2.38. The molecule has 0 unspecified atom stereocenters. The molecule has 0 saturated heterocycles. The van der Waals surface area contributed by atoms with Crippen molar-refractivity contribution in [2.24, 2.45) is 0 Å². The van der Waals surface area contributed by atoms with Gasteiger partial charge in [-0.15, -0.1) is 0 Å². The van der Waals surface area contributed by atoms with Crippen LogP contribution in [0.1, 0.15) is 5.82 Å².